The second-order valence-corrected chi connectivity index (χ2v) is 3.88. The molecule has 0 saturated carbocycles. The maximum absolute atomic E-state index is 11.5. The predicted octanol–water partition coefficient (Wildman–Crippen LogP) is 0.223. The number of hydrogen-bond acceptors (Lipinski definition) is 7. The quantitative estimate of drug-likeness (QED) is 0.704. The summed E-state index contributed by atoms with van der Waals surface area (Å²) >= 11 is 0. The Bertz CT molecular complexity index is 493. The summed E-state index contributed by atoms with van der Waals surface area (Å²) in [5.41, 5.74) is 0. The van der Waals surface area contributed by atoms with Gasteiger partial charge in [0.25, 0.3) is 17.7 Å². The lowest BCUT2D eigenvalue weighted by Crippen LogP contribution is -2.32. The van der Waals surface area contributed by atoms with Crippen LogP contribution in [0.1, 0.15) is 25.0 Å². The fourth-order valence-corrected chi connectivity index (χ4v) is 1.54. The summed E-state index contributed by atoms with van der Waals surface area (Å²) in [7, 11) is 1.44. The molecule has 1 aliphatic rings. The number of carbonyl (C=O) groups excluding carboxylic acids is 3. The van der Waals surface area contributed by atoms with Gasteiger partial charge in [0.1, 0.15) is 5.76 Å². The summed E-state index contributed by atoms with van der Waals surface area (Å²) in [6, 6.07) is 1.54. The molecule has 8 nitrogen and oxygen atoms in total. The van der Waals surface area contributed by atoms with Crippen molar-refractivity contribution >= 4 is 17.8 Å². The minimum Gasteiger partial charge on any atom is -0.479 e. The first kappa shape index (κ1) is 13.1. The molecule has 19 heavy (non-hydrogen) atoms. The van der Waals surface area contributed by atoms with Gasteiger partial charge in [-0.15, -0.1) is 5.06 Å². The molecule has 1 aromatic rings. The van der Waals surface area contributed by atoms with Crippen LogP contribution in [0.15, 0.2) is 10.6 Å². The van der Waals surface area contributed by atoms with Crippen LogP contribution in [0.4, 0.5) is 0 Å². The average molecular weight is 268 g/mol. The monoisotopic (exact) mass is 268 g/mol. The van der Waals surface area contributed by atoms with Crippen molar-refractivity contribution in [2.45, 2.75) is 25.7 Å². The van der Waals surface area contributed by atoms with Crippen LogP contribution in [0, 0.1) is 0 Å². The molecular weight excluding hydrogens is 256 g/mol. The van der Waals surface area contributed by atoms with Crippen molar-refractivity contribution < 1.29 is 28.5 Å². The molecular formula is C11H12N2O6. The van der Waals surface area contributed by atoms with Gasteiger partial charge < -0.3 is 14.1 Å². The number of nitrogens with zero attached hydrogens (tertiary/aromatic N) is 2. The van der Waals surface area contributed by atoms with E-state index in [0.29, 0.717) is 16.7 Å². The molecule has 1 aromatic heterocycles. The standard InChI is InChI=1S/C11H12N2O6/c1-17-8-6-7(18-12-8)2-5-11(16)19-13-9(14)3-4-10(13)15/h6H,2-5H2,1H3. The van der Waals surface area contributed by atoms with Crippen LogP contribution < -0.4 is 4.74 Å². The summed E-state index contributed by atoms with van der Waals surface area (Å²) < 4.78 is 9.71. The Labute approximate surface area is 108 Å². The molecule has 0 aliphatic carbocycles. The van der Waals surface area contributed by atoms with Crippen LogP contribution in [0.3, 0.4) is 0 Å². The highest BCUT2D eigenvalue weighted by atomic mass is 16.7. The molecule has 0 spiro atoms. The summed E-state index contributed by atoms with van der Waals surface area (Å²) in [5.74, 6) is -0.917. The number of amides is 2. The van der Waals surface area contributed by atoms with Gasteiger partial charge in [0.15, 0.2) is 0 Å². The molecule has 8 heteroatoms. The average Bonchev–Trinajstić information content (AvgIpc) is 2.98. The molecule has 102 valence electrons. The number of carbonyl (C=O) groups is 3. The maximum Gasteiger partial charge on any atom is 0.333 e. The van der Waals surface area contributed by atoms with E-state index in [2.05, 4.69) is 5.16 Å². The van der Waals surface area contributed by atoms with Crippen LogP contribution >= 0.6 is 0 Å². The Morgan fingerprint density at radius 2 is 2.11 bits per heavy atom. The highest BCUT2D eigenvalue weighted by molar-refractivity contribution is 6.01. The van der Waals surface area contributed by atoms with Crippen molar-refractivity contribution in [3.8, 4) is 5.88 Å². The van der Waals surface area contributed by atoms with E-state index in [-0.39, 0.29) is 25.7 Å². The van der Waals surface area contributed by atoms with Crippen LogP contribution in [-0.2, 0) is 25.6 Å². The van der Waals surface area contributed by atoms with Crippen molar-refractivity contribution in [3.05, 3.63) is 11.8 Å². The van der Waals surface area contributed by atoms with Gasteiger partial charge in [0, 0.05) is 25.3 Å². The smallest absolute Gasteiger partial charge is 0.333 e. The molecule has 2 amide bonds. The summed E-state index contributed by atoms with van der Waals surface area (Å²) in [4.78, 5) is 38.6. The lowest BCUT2D eigenvalue weighted by atomic mass is 10.2. The van der Waals surface area contributed by atoms with Gasteiger partial charge in [-0.05, 0) is 5.16 Å². The summed E-state index contributed by atoms with van der Waals surface area (Å²) in [5, 5.41) is 4.09. The summed E-state index contributed by atoms with van der Waals surface area (Å²) in [6.45, 7) is 0. The molecule has 0 atom stereocenters. The molecule has 2 heterocycles. The molecule has 2 rings (SSSR count). The van der Waals surface area contributed by atoms with E-state index in [1.54, 1.807) is 6.07 Å². The minimum absolute atomic E-state index is 0.0323. The molecule has 0 unspecified atom stereocenters. The minimum atomic E-state index is -0.682. The van der Waals surface area contributed by atoms with Crippen LogP contribution in [-0.4, -0.2) is 35.1 Å². The predicted molar refractivity (Wildman–Crippen MR) is 58.6 cm³/mol. The van der Waals surface area contributed by atoms with Crippen LogP contribution in [0.2, 0.25) is 0 Å². The van der Waals surface area contributed by atoms with Crippen molar-refractivity contribution in [2.24, 2.45) is 0 Å². The van der Waals surface area contributed by atoms with E-state index < -0.39 is 17.8 Å². The van der Waals surface area contributed by atoms with E-state index in [1.807, 2.05) is 0 Å². The number of hydroxylamine groups is 2. The first-order valence-corrected chi connectivity index (χ1v) is 5.66. The van der Waals surface area contributed by atoms with Gasteiger partial charge in [0.05, 0.1) is 13.5 Å². The zero-order valence-electron chi connectivity index (χ0n) is 10.2. The highest BCUT2D eigenvalue weighted by Crippen LogP contribution is 2.15. The molecule has 0 bridgehead atoms. The van der Waals surface area contributed by atoms with Crippen LogP contribution in [0.5, 0.6) is 5.88 Å². The van der Waals surface area contributed by atoms with E-state index in [0.717, 1.165) is 0 Å². The molecule has 0 radical (unpaired) electrons. The first-order valence-electron chi connectivity index (χ1n) is 5.66. The number of aryl methyl sites for hydroxylation is 1. The van der Waals surface area contributed by atoms with Gasteiger partial charge in [-0.3, -0.25) is 9.59 Å². The van der Waals surface area contributed by atoms with Crippen molar-refractivity contribution in [2.75, 3.05) is 7.11 Å². The first-order chi connectivity index (χ1) is 9.10. The van der Waals surface area contributed by atoms with Gasteiger partial charge in [-0.1, -0.05) is 0 Å². The second kappa shape index (κ2) is 5.51. The maximum atomic E-state index is 11.5. The Morgan fingerprint density at radius 1 is 1.42 bits per heavy atom. The summed E-state index contributed by atoms with van der Waals surface area (Å²) in [6.07, 6.45) is 0.359. The van der Waals surface area contributed by atoms with Gasteiger partial charge in [0.2, 0.25) is 0 Å². The van der Waals surface area contributed by atoms with Gasteiger partial charge >= 0.3 is 5.97 Å². The lowest BCUT2D eigenvalue weighted by molar-refractivity contribution is -0.197. The third kappa shape index (κ3) is 3.09. The molecule has 0 aromatic carbocycles. The fourth-order valence-electron chi connectivity index (χ4n) is 1.54. The third-order valence-electron chi connectivity index (χ3n) is 2.52. The van der Waals surface area contributed by atoms with E-state index in [4.69, 9.17) is 14.1 Å². The zero-order chi connectivity index (χ0) is 13.8. The van der Waals surface area contributed by atoms with E-state index in [9.17, 15) is 14.4 Å². The zero-order valence-corrected chi connectivity index (χ0v) is 10.2. The third-order valence-corrected chi connectivity index (χ3v) is 2.52. The number of hydrogen-bond donors (Lipinski definition) is 0. The molecule has 1 fully saturated rings. The Balaban J connectivity index is 1.81. The van der Waals surface area contributed by atoms with Crippen LogP contribution in [0.25, 0.3) is 0 Å². The molecule has 0 N–H and O–H groups in total. The molecule has 1 aliphatic heterocycles. The Morgan fingerprint density at radius 3 is 2.68 bits per heavy atom. The largest absolute Gasteiger partial charge is 0.479 e. The lowest BCUT2D eigenvalue weighted by Gasteiger charge is -2.11. The SMILES string of the molecule is COc1cc(CCC(=O)ON2C(=O)CCC2=O)on1. The highest BCUT2D eigenvalue weighted by Gasteiger charge is 2.32. The van der Waals surface area contributed by atoms with Crippen molar-refractivity contribution in [1.82, 2.24) is 10.2 Å². The van der Waals surface area contributed by atoms with E-state index >= 15 is 0 Å². The number of rotatable bonds is 5. The van der Waals surface area contributed by atoms with Gasteiger partial charge in [-0.2, -0.15) is 0 Å². The number of imide groups is 1. The Hall–Kier alpha value is -2.38. The number of aromatic nitrogens is 1. The van der Waals surface area contributed by atoms with Crippen molar-refractivity contribution in [3.63, 3.8) is 0 Å². The second-order valence-electron chi connectivity index (χ2n) is 3.88. The molecule has 1 saturated heterocycles. The van der Waals surface area contributed by atoms with Gasteiger partial charge in [-0.25, -0.2) is 4.79 Å². The number of ether oxygens (including phenoxy) is 1. The topological polar surface area (TPSA) is 98.9 Å². The fraction of sp³-hybridized carbons (Fsp3) is 0.455. The van der Waals surface area contributed by atoms with E-state index in [1.165, 1.54) is 7.11 Å². The Kier molecular flexibility index (Phi) is 3.79. The normalized spacial score (nSPS) is 14.9. The van der Waals surface area contributed by atoms with Crippen molar-refractivity contribution in [1.29, 1.82) is 0 Å². The number of methoxy groups -OCH3 is 1.